The molecule has 3 heterocycles. The van der Waals surface area contributed by atoms with Crippen molar-refractivity contribution in [1.82, 2.24) is 15.2 Å². The second kappa shape index (κ2) is 5.42. The Morgan fingerprint density at radius 2 is 2.21 bits per heavy atom. The van der Waals surface area contributed by atoms with Crippen LogP contribution in [0.2, 0.25) is 5.15 Å². The minimum Gasteiger partial charge on any atom is -0.366 e. The summed E-state index contributed by atoms with van der Waals surface area (Å²) in [5, 5.41) is 12.9. The molecule has 0 saturated heterocycles. The average molecular weight is 291 g/mol. The molecule has 0 unspecified atom stereocenters. The van der Waals surface area contributed by atoms with Crippen molar-refractivity contribution in [1.29, 1.82) is 0 Å². The highest BCUT2D eigenvalue weighted by atomic mass is 35.5. The molecule has 0 aromatic carbocycles. The molecule has 6 heteroatoms. The normalized spacial score (nSPS) is 10.6. The van der Waals surface area contributed by atoms with Crippen molar-refractivity contribution in [2.24, 2.45) is 0 Å². The minimum atomic E-state index is 0.482. The smallest absolute Gasteiger partial charge is 0.131 e. The van der Waals surface area contributed by atoms with Crippen molar-refractivity contribution < 1.29 is 0 Å². The van der Waals surface area contributed by atoms with Gasteiger partial charge in [-0.15, -0.1) is 11.3 Å². The number of aromatic amines is 1. The van der Waals surface area contributed by atoms with Crippen LogP contribution in [0.1, 0.15) is 5.56 Å². The highest BCUT2D eigenvalue weighted by Gasteiger charge is 2.08. The number of nitrogens with one attached hydrogen (secondary N) is 2. The van der Waals surface area contributed by atoms with Crippen LogP contribution < -0.4 is 5.32 Å². The van der Waals surface area contributed by atoms with Gasteiger partial charge in [0.1, 0.15) is 11.0 Å². The molecule has 0 spiro atoms. The number of H-pyrrole nitrogens is 1. The van der Waals surface area contributed by atoms with Crippen LogP contribution in [-0.2, 0) is 6.54 Å². The third-order valence-electron chi connectivity index (χ3n) is 2.66. The van der Waals surface area contributed by atoms with Crippen molar-refractivity contribution >= 4 is 28.8 Å². The number of anilines is 1. The monoisotopic (exact) mass is 290 g/mol. The molecule has 0 radical (unpaired) electrons. The van der Waals surface area contributed by atoms with Crippen LogP contribution in [0.4, 0.5) is 5.82 Å². The van der Waals surface area contributed by atoms with E-state index in [9.17, 15) is 0 Å². The van der Waals surface area contributed by atoms with Crippen LogP contribution in [0.15, 0.2) is 41.9 Å². The van der Waals surface area contributed by atoms with Crippen molar-refractivity contribution in [2.45, 2.75) is 6.54 Å². The summed E-state index contributed by atoms with van der Waals surface area (Å²) < 4.78 is 0. The van der Waals surface area contributed by atoms with E-state index in [1.54, 1.807) is 17.4 Å². The molecule has 0 aliphatic carbocycles. The summed E-state index contributed by atoms with van der Waals surface area (Å²) in [6.07, 6.45) is 1.83. The lowest BCUT2D eigenvalue weighted by atomic mass is 10.2. The first kappa shape index (κ1) is 12.2. The molecule has 3 aromatic heterocycles. The Bertz CT molecular complexity index is 663. The molecule has 2 N–H and O–H groups in total. The predicted octanol–water partition coefficient (Wildman–Crippen LogP) is 3.80. The molecular formula is C13H11ClN4S. The molecule has 3 aromatic rings. The Balaban J connectivity index is 1.76. The van der Waals surface area contributed by atoms with Gasteiger partial charge in [-0.2, -0.15) is 5.10 Å². The zero-order valence-corrected chi connectivity index (χ0v) is 11.5. The van der Waals surface area contributed by atoms with Crippen molar-refractivity contribution in [3.8, 4) is 10.6 Å². The maximum Gasteiger partial charge on any atom is 0.131 e. The van der Waals surface area contributed by atoms with E-state index in [2.05, 4.69) is 26.6 Å². The van der Waals surface area contributed by atoms with E-state index < -0.39 is 0 Å². The Labute approximate surface area is 119 Å². The Morgan fingerprint density at radius 1 is 1.26 bits per heavy atom. The fraction of sp³-hybridized carbons (Fsp3) is 0.0769. The lowest BCUT2D eigenvalue weighted by molar-refractivity contribution is 1.10. The van der Waals surface area contributed by atoms with Gasteiger partial charge in [-0.05, 0) is 23.6 Å². The van der Waals surface area contributed by atoms with Gasteiger partial charge in [0, 0.05) is 12.1 Å². The molecule has 3 rings (SSSR count). The fourth-order valence-electron chi connectivity index (χ4n) is 1.77. The standard InChI is InChI=1S/C13H11ClN4S/c14-11-4-1-5-12(17-11)15-7-9-8-16-18-13(9)10-3-2-6-19-10/h1-6,8H,7H2,(H,15,17)(H,16,18). The zero-order chi connectivity index (χ0) is 13.1. The molecule has 0 bridgehead atoms. The molecule has 0 fully saturated rings. The highest BCUT2D eigenvalue weighted by Crippen LogP contribution is 2.26. The Morgan fingerprint density at radius 3 is 3.00 bits per heavy atom. The second-order valence-electron chi connectivity index (χ2n) is 3.95. The highest BCUT2D eigenvalue weighted by molar-refractivity contribution is 7.13. The molecule has 19 heavy (non-hydrogen) atoms. The van der Waals surface area contributed by atoms with Crippen LogP contribution in [0.5, 0.6) is 0 Å². The minimum absolute atomic E-state index is 0.482. The summed E-state index contributed by atoms with van der Waals surface area (Å²) in [6.45, 7) is 0.650. The first-order valence-corrected chi connectivity index (χ1v) is 7.01. The molecule has 0 saturated carbocycles. The molecule has 0 amide bonds. The second-order valence-corrected chi connectivity index (χ2v) is 5.28. The van der Waals surface area contributed by atoms with Crippen LogP contribution in [0.3, 0.4) is 0 Å². The maximum atomic E-state index is 5.85. The van der Waals surface area contributed by atoms with E-state index in [0.717, 1.165) is 17.1 Å². The summed E-state index contributed by atoms with van der Waals surface area (Å²) in [4.78, 5) is 5.37. The fourth-order valence-corrected chi connectivity index (χ4v) is 2.69. The molecule has 0 aliphatic heterocycles. The van der Waals surface area contributed by atoms with E-state index in [1.807, 2.05) is 29.8 Å². The van der Waals surface area contributed by atoms with Crippen LogP contribution in [0.25, 0.3) is 10.6 Å². The third kappa shape index (κ3) is 2.77. The lowest BCUT2D eigenvalue weighted by Gasteiger charge is -2.05. The lowest BCUT2D eigenvalue weighted by Crippen LogP contribution is -2.01. The summed E-state index contributed by atoms with van der Waals surface area (Å²) in [6, 6.07) is 9.60. The molecular weight excluding hydrogens is 280 g/mol. The first-order chi connectivity index (χ1) is 9.33. The molecule has 0 aliphatic rings. The largest absolute Gasteiger partial charge is 0.366 e. The van der Waals surface area contributed by atoms with Crippen molar-refractivity contribution in [3.05, 3.63) is 52.6 Å². The summed E-state index contributed by atoms with van der Waals surface area (Å²) in [7, 11) is 0. The third-order valence-corrected chi connectivity index (χ3v) is 3.76. The van der Waals surface area contributed by atoms with Gasteiger partial charge in [-0.1, -0.05) is 23.7 Å². The van der Waals surface area contributed by atoms with Gasteiger partial charge in [0.25, 0.3) is 0 Å². The van der Waals surface area contributed by atoms with E-state index in [-0.39, 0.29) is 0 Å². The predicted molar refractivity (Wildman–Crippen MR) is 78.5 cm³/mol. The van der Waals surface area contributed by atoms with Crippen LogP contribution in [0, 0.1) is 0 Å². The Kier molecular flexibility index (Phi) is 3.48. The number of pyridine rings is 1. The Hall–Kier alpha value is -1.85. The molecule has 4 nitrogen and oxygen atoms in total. The number of halogens is 1. The van der Waals surface area contributed by atoms with Gasteiger partial charge in [0.05, 0.1) is 16.8 Å². The summed E-state index contributed by atoms with van der Waals surface area (Å²) in [5.74, 6) is 0.755. The quantitative estimate of drug-likeness (QED) is 0.719. The number of thiophene rings is 1. The van der Waals surface area contributed by atoms with Gasteiger partial charge in [-0.3, -0.25) is 5.10 Å². The van der Waals surface area contributed by atoms with Gasteiger partial charge in [0.15, 0.2) is 0 Å². The van der Waals surface area contributed by atoms with Gasteiger partial charge >= 0.3 is 0 Å². The van der Waals surface area contributed by atoms with Crippen LogP contribution in [-0.4, -0.2) is 15.2 Å². The number of nitrogens with zero attached hydrogens (tertiary/aromatic N) is 2. The van der Waals surface area contributed by atoms with E-state index >= 15 is 0 Å². The topological polar surface area (TPSA) is 53.6 Å². The number of hydrogen-bond donors (Lipinski definition) is 2. The summed E-state index contributed by atoms with van der Waals surface area (Å²) in [5.41, 5.74) is 2.15. The van der Waals surface area contributed by atoms with E-state index in [4.69, 9.17) is 11.6 Å². The summed E-state index contributed by atoms with van der Waals surface area (Å²) >= 11 is 7.53. The van der Waals surface area contributed by atoms with Gasteiger partial charge in [-0.25, -0.2) is 4.98 Å². The number of rotatable bonds is 4. The number of hydrogen-bond acceptors (Lipinski definition) is 4. The van der Waals surface area contributed by atoms with Crippen molar-refractivity contribution in [3.63, 3.8) is 0 Å². The number of aromatic nitrogens is 3. The van der Waals surface area contributed by atoms with Gasteiger partial charge in [0.2, 0.25) is 0 Å². The molecule has 0 atom stereocenters. The average Bonchev–Trinajstić information content (AvgIpc) is 3.07. The molecule has 96 valence electrons. The zero-order valence-electron chi connectivity index (χ0n) is 9.93. The van der Waals surface area contributed by atoms with Gasteiger partial charge < -0.3 is 5.32 Å². The van der Waals surface area contributed by atoms with Crippen molar-refractivity contribution in [2.75, 3.05) is 5.32 Å². The first-order valence-electron chi connectivity index (χ1n) is 5.75. The SMILES string of the molecule is Clc1cccc(NCc2cn[nH]c2-c2cccs2)n1. The maximum absolute atomic E-state index is 5.85. The van der Waals surface area contributed by atoms with E-state index in [0.29, 0.717) is 11.7 Å². The van der Waals surface area contributed by atoms with Crippen LogP contribution >= 0.6 is 22.9 Å². The van der Waals surface area contributed by atoms with E-state index in [1.165, 1.54) is 4.88 Å².